The minimum absolute atomic E-state index is 0.123. The molecule has 1 aliphatic rings. The predicted molar refractivity (Wildman–Crippen MR) is 88.5 cm³/mol. The summed E-state index contributed by atoms with van der Waals surface area (Å²) >= 11 is 0. The van der Waals surface area contributed by atoms with Gasteiger partial charge in [0, 0.05) is 17.7 Å². The molecular weight excluding hydrogens is 398 g/mol. The van der Waals surface area contributed by atoms with E-state index in [9.17, 15) is 17.6 Å². The molecule has 1 aromatic heterocycles. The Bertz CT molecular complexity index is 1020. The maximum absolute atomic E-state index is 13.9. The molecule has 0 aliphatic carbocycles. The van der Waals surface area contributed by atoms with Crippen LogP contribution in [0.3, 0.4) is 0 Å². The Kier molecular flexibility index (Phi) is 4.80. The van der Waals surface area contributed by atoms with Gasteiger partial charge in [-0.3, -0.25) is 4.84 Å². The van der Waals surface area contributed by atoms with Gasteiger partial charge in [0.15, 0.2) is 0 Å². The van der Waals surface area contributed by atoms with Crippen molar-refractivity contribution in [2.24, 2.45) is 0 Å². The van der Waals surface area contributed by atoms with Crippen molar-refractivity contribution in [1.29, 1.82) is 0 Å². The van der Waals surface area contributed by atoms with Crippen LogP contribution in [0.2, 0.25) is 0 Å². The fourth-order valence-electron chi connectivity index (χ4n) is 2.58. The maximum atomic E-state index is 13.9. The van der Waals surface area contributed by atoms with Crippen LogP contribution < -0.4 is 15.0 Å². The number of alkyl halides is 3. The lowest BCUT2D eigenvalue weighted by Crippen LogP contribution is -2.17. The standard InChI is InChI=1S/C18H11F4N3O4/c19-12-5-11(17-24-23-9-26-17)6-14(7-12)27-16-8-15(29-25-16)10-1-3-13(4-2-10)28-18(20,21)22/h1-9,15,25H/t15-/m1/s1. The number of hydroxylamine groups is 1. The van der Waals surface area contributed by atoms with Gasteiger partial charge in [0.25, 0.3) is 0 Å². The molecule has 0 bridgehead atoms. The van der Waals surface area contributed by atoms with E-state index < -0.39 is 18.3 Å². The smallest absolute Gasteiger partial charge is 0.439 e. The van der Waals surface area contributed by atoms with E-state index in [4.69, 9.17) is 14.0 Å². The summed E-state index contributed by atoms with van der Waals surface area (Å²) < 4.78 is 64.9. The van der Waals surface area contributed by atoms with E-state index in [1.165, 1.54) is 42.5 Å². The normalized spacial score (nSPS) is 16.3. The number of rotatable bonds is 5. The first-order valence-electron chi connectivity index (χ1n) is 8.10. The molecule has 0 amide bonds. The van der Waals surface area contributed by atoms with Crippen molar-refractivity contribution in [3.63, 3.8) is 0 Å². The van der Waals surface area contributed by atoms with E-state index in [1.54, 1.807) is 0 Å². The third-order valence-corrected chi connectivity index (χ3v) is 3.74. The van der Waals surface area contributed by atoms with E-state index in [2.05, 4.69) is 20.4 Å². The van der Waals surface area contributed by atoms with Crippen molar-refractivity contribution in [1.82, 2.24) is 15.7 Å². The molecule has 4 rings (SSSR count). The molecule has 1 aliphatic heterocycles. The molecule has 0 radical (unpaired) electrons. The fraction of sp³-hybridized carbons (Fsp3) is 0.111. The van der Waals surface area contributed by atoms with Crippen LogP contribution in [0.1, 0.15) is 11.7 Å². The summed E-state index contributed by atoms with van der Waals surface area (Å²) in [4.78, 5) is 5.33. The number of hydrogen-bond donors (Lipinski definition) is 1. The SMILES string of the molecule is Fc1cc(OC2=C[C@H](c3ccc(OC(F)(F)F)cc3)ON2)cc(-c2nnco2)c1. The summed E-state index contributed by atoms with van der Waals surface area (Å²) in [6.07, 6.45) is -2.74. The lowest BCUT2D eigenvalue weighted by molar-refractivity contribution is -0.274. The minimum atomic E-state index is -4.76. The molecule has 0 fully saturated rings. The molecule has 0 unspecified atom stereocenters. The number of ether oxygens (including phenoxy) is 2. The molecule has 0 saturated carbocycles. The molecular formula is C18H11F4N3O4. The van der Waals surface area contributed by atoms with Crippen LogP contribution in [0.4, 0.5) is 17.6 Å². The number of nitrogens with zero attached hydrogens (tertiary/aromatic N) is 2. The van der Waals surface area contributed by atoms with Crippen molar-refractivity contribution in [3.8, 4) is 23.0 Å². The molecule has 2 heterocycles. The molecule has 7 nitrogen and oxygen atoms in total. The average molecular weight is 409 g/mol. The average Bonchev–Trinajstić information content (AvgIpc) is 3.32. The van der Waals surface area contributed by atoms with Crippen molar-refractivity contribution >= 4 is 0 Å². The molecule has 1 atom stereocenters. The van der Waals surface area contributed by atoms with Gasteiger partial charge in [-0.25, -0.2) is 9.87 Å². The Hall–Kier alpha value is -3.60. The van der Waals surface area contributed by atoms with E-state index in [-0.39, 0.29) is 23.3 Å². The lowest BCUT2D eigenvalue weighted by Gasteiger charge is -2.11. The van der Waals surface area contributed by atoms with E-state index in [0.717, 1.165) is 12.5 Å². The molecule has 0 spiro atoms. The van der Waals surface area contributed by atoms with E-state index in [0.29, 0.717) is 11.1 Å². The summed E-state index contributed by atoms with van der Waals surface area (Å²) in [5.74, 6) is -0.478. The molecule has 1 N–H and O–H groups in total. The van der Waals surface area contributed by atoms with Gasteiger partial charge in [-0.15, -0.1) is 23.4 Å². The third kappa shape index (κ3) is 4.63. The van der Waals surface area contributed by atoms with Gasteiger partial charge >= 0.3 is 6.36 Å². The number of benzene rings is 2. The van der Waals surface area contributed by atoms with Gasteiger partial charge in [-0.2, -0.15) is 0 Å². The van der Waals surface area contributed by atoms with E-state index in [1.807, 2.05) is 0 Å². The number of aromatic nitrogens is 2. The van der Waals surface area contributed by atoms with Crippen molar-refractivity contribution in [2.45, 2.75) is 12.5 Å². The highest BCUT2D eigenvalue weighted by molar-refractivity contribution is 5.55. The minimum Gasteiger partial charge on any atom is -0.439 e. The Morgan fingerprint density at radius 3 is 2.52 bits per heavy atom. The zero-order chi connectivity index (χ0) is 20.4. The van der Waals surface area contributed by atoms with Crippen LogP contribution in [0, 0.1) is 5.82 Å². The first kappa shape index (κ1) is 18.7. The van der Waals surface area contributed by atoms with Crippen molar-refractivity contribution in [3.05, 3.63) is 72.2 Å². The Labute approximate surface area is 160 Å². The number of hydrogen-bond acceptors (Lipinski definition) is 7. The van der Waals surface area contributed by atoms with Gasteiger partial charge in [0.05, 0.1) is 0 Å². The zero-order valence-corrected chi connectivity index (χ0v) is 14.3. The first-order valence-corrected chi connectivity index (χ1v) is 8.10. The topological polar surface area (TPSA) is 78.6 Å². The predicted octanol–water partition coefficient (Wildman–Crippen LogP) is 4.27. The van der Waals surface area contributed by atoms with Crippen LogP contribution in [0.5, 0.6) is 11.5 Å². The fourth-order valence-corrected chi connectivity index (χ4v) is 2.58. The molecule has 0 saturated heterocycles. The Balaban J connectivity index is 1.47. The van der Waals surface area contributed by atoms with Crippen LogP contribution in [0.25, 0.3) is 11.5 Å². The summed E-state index contributed by atoms with van der Waals surface area (Å²) in [6.45, 7) is 0. The quantitative estimate of drug-likeness (QED) is 0.631. The highest BCUT2D eigenvalue weighted by Crippen LogP contribution is 2.30. The lowest BCUT2D eigenvalue weighted by atomic mass is 10.1. The van der Waals surface area contributed by atoms with Gasteiger partial charge < -0.3 is 13.9 Å². The second kappa shape index (κ2) is 7.43. The highest BCUT2D eigenvalue weighted by atomic mass is 19.4. The monoisotopic (exact) mass is 409 g/mol. The van der Waals surface area contributed by atoms with Crippen LogP contribution in [-0.4, -0.2) is 16.6 Å². The number of nitrogens with one attached hydrogen (secondary N) is 1. The zero-order valence-electron chi connectivity index (χ0n) is 14.3. The molecule has 3 aromatic rings. The second-order valence-corrected chi connectivity index (χ2v) is 5.81. The third-order valence-electron chi connectivity index (χ3n) is 3.74. The molecule has 150 valence electrons. The summed E-state index contributed by atoms with van der Waals surface area (Å²) in [7, 11) is 0. The van der Waals surface area contributed by atoms with Crippen molar-refractivity contribution in [2.75, 3.05) is 0 Å². The van der Waals surface area contributed by atoms with Gasteiger partial charge in [0.2, 0.25) is 18.2 Å². The molecule has 11 heteroatoms. The molecule has 2 aromatic carbocycles. The summed E-state index contributed by atoms with van der Waals surface area (Å²) in [6, 6.07) is 9.03. The number of halogens is 4. The van der Waals surface area contributed by atoms with Crippen molar-refractivity contribution < 1.29 is 36.3 Å². The second-order valence-electron chi connectivity index (χ2n) is 5.81. The first-order chi connectivity index (χ1) is 13.9. The van der Waals surface area contributed by atoms with Gasteiger partial charge in [-0.05, 0) is 29.8 Å². The Morgan fingerprint density at radius 1 is 1.03 bits per heavy atom. The summed E-state index contributed by atoms with van der Waals surface area (Å²) in [5, 5.41) is 7.24. The van der Waals surface area contributed by atoms with Crippen LogP contribution >= 0.6 is 0 Å². The Morgan fingerprint density at radius 2 is 1.83 bits per heavy atom. The maximum Gasteiger partial charge on any atom is 0.573 e. The largest absolute Gasteiger partial charge is 0.573 e. The van der Waals surface area contributed by atoms with Gasteiger partial charge in [-0.1, -0.05) is 12.1 Å². The highest BCUT2D eigenvalue weighted by Gasteiger charge is 2.31. The van der Waals surface area contributed by atoms with Crippen LogP contribution in [0.15, 0.2) is 65.2 Å². The molecule has 29 heavy (non-hydrogen) atoms. The van der Waals surface area contributed by atoms with E-state index >= 15 is 0 Å². The summed E-state index contributed by atoms with van der Waals surface area (Å²) in [5.41, 5.74) is 3.41. The van der Waals surface area contributed by atoms with Gasteiger partial charge in [0.1, 0.15) is 23.4 Å². The van der Waals surface area contributed by atoms with Crippen LogP contribution in [-0.2, 0) is 4.84 Å².